The molecule has 2 aromatic carbocycles. The number of amides is 2. The number of rotatable bonds is 8. The van der Waals surface area contributed by atoms with Gasteiger partial charge >= 0.3 is 0 Å². The van der Waals surface area contributed by atoms with Gasteiger partial charge in [-0.3, -0.25) is 9.59 Å². The van der Waals surface area contributed by atoms with Crippen molar-refractivity contribution < 1.29 is 14.0 Å². The molecule has 30 heavy (non-hydrogen) atoms. The Hall–Kier alpha value is -2.89. The molecule has 162 valence electrons. The van der Waals surface area contributed by atoms with Crippen molar-refractivity contribution in [1.82, 2.24) is 4.90 Å². The highest BCUT2D eigenvalue weighted by molar-refractivity contribution is 5.94. The van der Waals surface area contributed by atoms with Gasteiger partial charge in [-0.25, -0.2) is 4.39 Å². The first kappa shape index (κ1) is 23.4. The second-order valence-corrected chi connectivity index (χ2v) is 8.06. The fourth-order valence-corrected chi connectivity index (χ4v) is 3.18. The highest BCUT2D eigenvalue weighted by Gasteiger charge is 2.25. The van der Waals surface area contributed by atoms with Gasteiger partial charge in [-0.2, -0.15) is 0 Å². The summed E-state index contributed by atoms with van der Waals surface area (Å²) in [6, 6.07) is 11.3. The van der Waals surface area contributed by atoms with Gasteiger partial charge in [0.05, 0.1) is 0 Å². The zero-order valence-corrected chi connectivity index (χ0v) is 18.7. The average Bonchev–Trinajstić information content (AvgIpc) is 2.71. The van der Waals surface area contributed by atoms with Crippen LogP contribution in [0, 0.1) is 11.7 Å². The predicted molar refractivity (Wildman–Crippen MR) is 120 cm³/mol. The van der Waals surface area contributed by atoms with E-state index in [1.54, 1.807) is 6.92 Å². The van der Waals surface area contributed by atoms with Crippen LogP contribution in [0.5, 0.6) is 0 Å². The van der Waals surface area contributed by atoms with Gasteiger partial charge < -0.3 is 15.1 Å². The van der Waals surface area contributed by atoms with Crippen molar-refractivity contribution in [3.05, 3.63) is 59.4 Å². The fourth-order valence-electron chi connectivity index (χ4n) is 3.18. The molecule has 1 unspecified atom stereocenters. The maximum atomic E-state index is 13.3. The first-order chi connectivity index (χ1) is 14.1. The van der Waals surface area contributed by atoms with Crippen LogP contribution in [0.4, 0.5) is 15.8 Å². The maximum absolute atomic E-state index is 13.3. The molecule has 6 heteroatoms. The first-order valence-corrected chi connectivity index (χ1v) is 10.3. The van der Waals surface area contributed by atoms with Crippen LogP contribution in [-0.2, 0) is 11.3 Å². The molecule has 0 radical (unpaired) electrons. The van der Waals surface area contributed by atoms with E-state index in [9.17, 15) is 14.0 Å². The van der Waals surface area contributed by atoms with Crippen molar-refractivity contribution in [2.45, 2.75) is 46.7 Å². The standard InChI is InChI=1S/C24H32FN3O2/c1-7-23(29)26-21-12-13-22(27(5)6)19(14-21)15-28(17(4)16(2)3)24(30)18-8-10-20(25)11-9-18/h8-14,16-17H,7,15H2,1-6H3,(H,26,29). The summed E-state index contributed by atoms with van der Waals surface area (Å²) in [6.45, 7) is 8.33. The van der Waals surface area contributed by atoms with E-state index in [1.807, 2.05) is 49.0 Å². The minimum atomic E-state index is -0.371. The molecule has 0 heterocycles. The summed E-state index contributed by atoms with van der Waals surface area (Å²) in [5.74, 6) is -0.346. The second kappa shape index (κ2) is 10.2. The molecular weight excluding hydrogens is 381 g/mol. The van der Waals surface area contributed by atoms with E-state index in [-0.39, 0.29) is 29.6 Å². The number of nitrogens with one attached hydrogen (secondary N) is 1. The SMILES string of the molecule is CCC(=O)Nc1ccc(N(C)C)c(CN(C(=O)c2ccc(F)cc2)C(C)C(C)C)c1. The van der Waals surface area contributed by atoms with Crippen molar-refractivity contribution in [1.29, 1.82) is 0 Å². The Morgan fingerprint density at radius 3 is 2.20 bits per heavy atom. The molecule has 0 fully saturated rings. The quantitative estimate of drug-likeness (QED) is 0.668. The van der Waals surface area contributed by atoms with Crippen LogP contribution >= 0.6 is 0 Å². The van der Waals surface area contributed by atoms with Crippen molar-refractivity contribution >= 4 is 23.2 Å². The minimum absolute atomic E-state index is 0.0357. The van der Waals surface area contributed by atoms with E-state index in [4.69, 9.17) is 0 Å². The molecule has 0 bridgehead atoms. The molecule has 0 aliphatic carbocycles. The van der Waals surface area contributed by atoms with Gasteiger partial charge in [-0.15, -0.1) is 0 Å². The molecule has 0 aliphatic heterocycles. The van der Waals surface area contributed by atoms with Gasteiger partial charge in [0.15, 0.2) is 0 Å². The van der Waals surface area contributed by atoms with Crippen LogP contribution in [-0.4, -0.2) is 36.9 Å². The molecular formula is C24H32FN3O2. The highest BCUT2D eigenvalue weighted by Crippen LogP contribution is 2.27. The van der Waals surface area contributed by atoms with E-state index in [1.165, 1.54) is 24.3 Å². The lowest BCUT2D eigenvalue weighted by Crippen LogP contribution is -2.41. The summed E-state index contributed by atoms with van der Waals surface area (Å²) in [7, 11) is 3.89. The number of carbonyl (C=O) groups excluding carboxylic acids is 2. The zero-order chi connectivity index (χ0) is 22.4. The van der Waals surface area contributed by atoms with Gasteiger partial charge in [0.25, 0.3) is 5.91 Å². The smallest absolute Gasteiger partial charge is 0.254 e. The monoisotopic (exact) mass is 413 g/mol. The Kier molecular flexibility index (Phi) is 7.98. The summed E-state index contributed by atoms with van der Waals surface area (Å²) < 4.78 is 13.3. The van der Waals surface area contributed by atoms with Gasteiger partial charge in [0.2, 0.25) is 5.91 Å². The Morgan fingerprint density at radius 2 is 1.67 bits per heavy atom. The molecule has 2 rings (SSSR count). The van der Waals surface area contributed by atoms with E-state index in [2.05, 4.69) is 19.2 Å². The van der Waals surface area contributed by atoms with E-state index < -0.39 is 0 Å². The Bertz CT molecular complexity index is 879. The molecule has 1 atom stereocenters. The van der Waals surface area contributed by atoms with E-state index in [0.717, 1.165) is 11.3 Å². The number of nitrogens with zero attached hydrogens (tertiary/aromatic N) is 2. The molecule has 0 aliphatic rings. The number of carbonyl (C=O) groups is 2. The summed E-state index contributed by atoms with van der Waals surface area (Å²) in [4.78, 5) is 29.0. The molecule has 2 aromatic rings. The average molecular weight is 414 g/mol. The van der Waals surface area contributed by atoms with Gasteiger partial charge in [0, 0.05) is 50.0 Å². The van der Waals surface area contributed by atoms with Crippen molar-refractivity contribution in [3.63, 3.8) is 0 Å². The van der Waals surface area contributed by atoms with E-state index >= 15 is 0 Å². The second-order valence-electron chi connectivity index (χ2n) is 8.06. The van der Waals surface area contributed by atoms with Crippen LogP contribution < -0.4 is 10.2 Å². The van der Waals surface area contributed by atoms with Crippen molar-refractivity contribution in [2.24, 2.45) is 5.92 Å². The van der Waals surface area contributed by atoms with Crippen LogP contribution in [0.15, 0.2) is 42.5 Å². The third-order valence-corrected chi connectivity index (χ3v) is 5.32. The number of anilines is 2. The lowest BCUT2D eigenvalue weighted by Gasteiger charge is -2.33. The summed E-state index contributed by atoms with van der Waals surface area (Å²) in [5.41, 5.74) is 3.05. The molecule has 2 amide bonds. The Balaban J connectivity index is 2.44. The topological polar surface area (TPSA) is 52.7 Å². The predicted octanol–water partition coefficient (Wildman–Crippen LogP) is 4.93. The molecule has 5 nitrogen and oxygen atoms in total. The summed E-state index contributed by atoms with van der Waals surface area (Å²) in [5, 5.41) is 2.89. The molecule has 0 spiro atoms. The Morgan fingerprint density at radius 1 is 1.03 bits per heavy atom. The van der Waals surface area contributed by atoms with Gasteiger partial charge in [-0.1, -0.05) is 20.8 Å². The summed E-state index contributed by atoms with van der Waals surface area (Å²) >= 11 is 0. The van der Waals surface area contributed by atoms with Crippen molar-refractivity contribution in [2.75, 3.05) is 24.3 Å². The lowest BCUT2D eigenvalue weighted by atomic mass is 10.0. The van der Waals surface area contributed by atoms with Crippen LogP contribution in [0.25, 0.3) is 0 Å². The third-order valence-electron chi connectivity index (χ3n) is 5.32. The van der Waals surface area contributed by atoms with Gasteiger partial charge in [0.1, 0.15) is 5.82 Å². The highest BCUT2D eigenvalue weighted by atomic mass is 19.1. The Labute approximate surface area is 178 Å². The number of benzene rings is 2. The van der Waals surface area contributed by atoms with Gasteiger partial charge in [-0.05, 0) is 60.9 Å². The molecule has 1 N–H and O–H groups in total. The maximum Gasteiger partial charge on any atom is 0.254 e. The number of halogens is 1. The first-order valence-electron chi connectivity index (χ1n) is 10.3. The molecule has 0 saturated carbocycles. The normalized spacial score (nSPS) is 11.9. The largest absolute Gasteiger partial charge is 0.377 e. The van der Waals surface area contributed by atoms with E-state index in [0.29, 0.717) is 24.2 Å². The number of hydrogen-bond acceptors (Lipinski definition) is 3. The third kappa shape index (κ3) is 5.81. The molecule has 0 aromatic heterocycles. The minimum Gasteiger partial charge on any atom is -0.377 e. The van der Waals surface area contributed by atoms with Crippen LogP contribution in [0.3, 0.4) is 0 Å². The van der Waals surface area contributed by atoms with Crippen LogP contribution in [0.1, 0.15) is 50.0 Å². The number of hydrogen-bond donors (Lipinski definition) is 1. The lowest BCUT2D eigenvalue weighted by molar-refractivity contribution is -0.115. The fraction of sp³-hybridized carbons (Fsp3) is 0.417. The summed E-state index contributed by atoms with van der Waals surface area (Å²) in [6.07, 6.45) is 0.393. The van der Waals surface area contributed by atoms with Crippen LogP contribution in [0.2, 0.25) is 0 Å². The van der Waals surface area contributed by atoms with Crippen molar-refractivity contribution in [3.8, 4) is 0 Å². The zero-order valence-electron chi connectivity index (χ0n) is 18.7. The molecule has 0 saturated heterocycles.